The van der Waals surface area contributed by atoms with Crippen molar-refractivity contribution in [3.05, 3.63) is 24.1 Å². The second kappa shape index (κ2) is 5.90. The first-order chi connectivity index (χ1) is 11.7. The third-order valence-corrected chi connectivity index (χ3v) is 4.59. The Balaban J connectivity index is 1.50. The van der Waals surface area contributed by atoms with E-state index < -0.39 is 5.60 Å². The number of ether oxygens (including phenoxy) is 1. The predicted molar refractivity (Wildman–Crippen MR) is 83.7 cm³/mol. The van der Waals surface area contributed by atoms with Crippen LogP contribution in [0.2, 0.25) is 0 Å². The Bertz CT molecular complexity index is 711. The molecule has 1 amide bonds. The van der Waals surface area contributed by atoms with E-state index in [1.807, 2.05) is 9.80 Å². The summed E-state index contributed by atoms with van der Waals surface area (Å²) < 4.78 is 11.7. The van der Waals surface area contributed by atoms with Gasteiger partial charge in [0.2, 0.25) is 5.89 Å². The molecule has 2 aromatic rings. The average Bonchev–Trinajstić information content (AvgIpc) is 3.26. The molecular formula is C15H20N6O3. The summed E-state index contributed by atoms with van der Waals surface area (Å²) in [7, 11) is 0. The lowest BCUT2D eigenvalue weighted by atomic mass is 9.90. The van der Waals surface area contributed by atoms with Crippen LogP contribution >= 0.6 is 0 Å². The number of amides is 1. The van der Waals surface area contributed by atoms with E-state index in [-0.39, 0.29) is 5.91 Å². The number of anilines is 1. The van der Waals surface area contributed by atoms with Gasteiger partial charge in [0, 0.05) is 20.0 Å². The Labute approximate surface area is 139 Å². The molecule has 24 heavy (non-hydrogen) atoms. The van der Waals surface area contributed by atoms with E-state index in [0.29, 0.717) is 43.8 Å². The van der Waals surface area contributed by atoms with Crippen molar-refractivity contribution in [2.24, 2.45) is 0 Å². The summed E-state index contributed by atoms with van der Waals surface area (Å²) in [5.74, 6) is 0.506. The summed E-state index contributed by atoms with van der Waals surface area (Å²) in [6.07, 6.45) is 4.93. The van der Waals surface area contributed by atoms with E-state index in [4.69, 9.17) is 9.15 Å². The maximum absolute atomic E-state index is 12.6. The number of carbonyl (C=O) groups is 1. The van der Waals surface area contributed by atoms with Crippen LogP contribution < -0.4 is 4.90 Å². The number of hydrogen-bond acceptors (Lipinski definition) is 7. The molecule has 2 aliphatic heterocycles. The molecule has 2 fully saturated rings. The van der Waals surface area contributed by atoms with Gasteiger partial charge in [0.15, 0.2) is 0 Å². The Morgan fingerprint density at radius 3 is 3.00 bits per heavy atom. The number of piperidine rings is 1. The van der Waals surface area contributed by atoms with Gasteiger partial charge in [-0.3, -0.25) is 4.79 Å². The van der Waals surface area contributed by atoms with Gasteiger partial charge in [-0.1, -0.05) is 5.10 Å². The van der Waals surface area contributed by atoms with Gasteiger partial charge >= 0.3 is 6.01 Å². The molecule has 9 heteroatoms. The van der Waals surface area contributed by atoms with Gasteiger partial charge in [-0.15, -0.1) is 5.10 Å². The molecule has 1 spiro atoms. The van der Waals surface area contributed by atoms with Crippen LogP contribution in [0, 0.1) is 6.92 Å². The second-order valence-electron chi connectivity index (χ2n) is 6.35. The second-order valence-corrected chi connectivity index (χ2v) is 6.35. The highest BCUT2D eigenvalue weighted by Crippen LogP contribution is 2.31. The standard InChI is InChI=1S/C15H20N6O3/c1-11-18-19-14(24-11)21-4-2-3-15(9-21)8-20(5-6-23-15)13(22)12-7-16-10-17-12/h7,10H,2-6,8-9H2,1H3,(H,16,17). The largest absolute Gasteiger partial charge is 0.408 e. The number of aryl methyl sites for hydroxylation is 1. The number of aromatic nitrogens is 4. The monoisotopic (exact) mass is 332 g/mol. The molecule has 2 aliphatic rings. The molecule has 1 N–H and O–H groups in total. The normalized spacial score (nSPS) is 24.5. The van der Waals surface area contributed by atoms with Crippen LogP contribution in [0.4, 0.5) is 6.01 Å². The van der Waals surface area contributed by atoms with Crippen LogP contribution in [-0.2, 0) is 4.74 Å². The SMILES string of the molecule is Cc1nnc(N2CCCC3(CN(C(=O)c4cnc[nH]4)CCO3)C2)o1. The summed E-state index contributed by atoms with van der Waals surface area (Å²) in [5.41, 5.74) is 0.112. The molecule has 9 nitrogen and oxygen atoms in total. The fourth-order valence-corrected chi connectivity index (χ4v) is 3.48. The highest BCUT2D eigenvalue weighted by molar-refractivity contribution is 5.92. The van der Waals surface area contributed by atoms with Gasteiger partial charge in [0.05, 0.1) is 32.2 Å². The summed E-state index contributed by atoms with van der Waals surface area (Å²) in [4.78, 5) is 23.3. The van der Waals surface area contributed by atoms with E-state index in [1.54, 1.807) is 13.1 Å². The highest BCUT2D eigenvalue weighted by atomic mass is 16.5. The first-order valence-corrected chi connectivity index (χ1v) is 8.12. The quantitative estimate of drug-likeness (QED) is 0.860. The maximum Gasteiger partial charge on any atom is 0.318 e. The van der Waals surface area contributed by atoms with Crippen molar-refractivity contribution >= 4 is 11.9 Å². The van der Waals surface area contributed by atoms with E-state index in [0.717, 1.165) is 19.4 Å². The van der Waals surface area contributed by atoms with Crippen LogP contribution in [0.1, 0.15) is 29.2 Å². The smallest absolute Gasteiger partial charge is 0.318 e. The lowest BCUT2D eigenvalue weighted by Crippen LogP contribution is -2.61. The first-order valence-electron chi connectivity index (χ1n) is 8.12. The third kappa shape index (κ3) is 2.75. The molecular weight excluding hydrogens is 312 g/mol. The number of nitrogens with one attached hydrogen (secondary N) is 1. The van der Waals surface area contributed by atoms with Crippen molar-refractivity contribution in [2.45, 2.75) is 25.4 Å². The number of aromatic amines is 1. The molecule has 0 bridgehead atoms. The molecule has 2 aromatic heterocycles. The van der Waals surface area contributed by atoms with E-state index in [9.17, 15) is 4.79 Å². The number of hydrogen-bond donors (Lipinski definition) is 1. The van der Waals surface area contributed by atoms with Crippen molar-refractivity contribution in [2.75, 3.05) is 37.7 Å². The van der Waals surface area contributed by atoms with Crippen molar-refractivity contribution in [1.82, 2.24) is 25.1 Å². The molecule has 0 aliphatic carbocycles. The zero-order valence-electron chi connectivity index (χ0n) is 13.6. The number of morpholine rings is 1. The predicted octanol–water partition coefficient (Wildman–Crippen LogP) is 0.613. The van der Waals surface area contributed by atoms with E-state index in [1.165, 1.54) is 6.33 Å². The molecule has 128 valence electrons. The Morgan fingerprint density at radius 1 is 1.33 bits per heavy atom. The molecule has 1 unspecified atom stereocenters. The molecule has 0 radical (unpaired) electrons. The van der Waals surface area contributed by atoms with Crippen molar-refractivity contribution in [3.8, 4) is 0 Å². The molecule has 2 saturated heterocycles. The van der Waals surface area contributed by atoms with Crippen molar-refractivity contribution in [1.29, 1.82) is 0 Å². The molecule has 4 rings (SSSR count). The van der Waals surface area contributed by atoms with Crippen LogP contribution in [0.25, 0.3) is 0 Å². The molecule has 0 aromatic carbocycles. The number of imidazole rings is 1. The summed E-state index contributed by atoms with van der Waals surface area (Å²) in [6.45, 7) is 4.92. The van der Waals surface area contributed by atoms with E-state index in [2.05, 4.69) is 20.2 Å². The van der Waals surface area contributed by atoms with Gasteiger partial charge in [-0.05, 0) is 12.8 Å². The zero-order chi connectivity index (χ0) is 16.6. The van der Waals surface area contributed by atoms with Crippen molar-refractivity contribution < 1.29 is 13.9 Å². The fraction of sp³-hybridized carbons (Fsp3) is 0.600. The Morgan fingerprint density at radius 2 is 2.25 bits per heavy atom. The minimum absolute atomic E-state index is 0.0408. The van der Waals surface area contributed by atoms with Crippen LogP contribution in [-0.4, -0.2) is 69.4 Å². The number of carbonyl (C=O) groups excluding carboxylic acids is 1. The molecule has 1 atom stereocenters. The van der Waals surface area contributed by atoms with Crippen LogP contribution in [0.3, 0.4) is 0 Å². The molecule has 4 heterocycles. The van der Waals surface area contributed by atoms with Gasteiger partial charge < -0.3 is 23.9 Å². The Hall–Kier alpha value is -2.42. The average molecular weight is 332 g/mol. The number of rotatable bonds is 2. The fourth-order valence-electron chi connectivity index (χ4n) is 3.48. The summed E-state index contributed by atoms with van der Waals surface area (Å²) in [5, 5.41) is 8.00. The summed E-state index contributed by atoms with van der Waals surface area (Å²) >= 11 is 0. The summed E-state index contributed by atoms with van der Waals surface area (Å²) in [6, 6.07) is 0.521. The van der Waals surface area contributed by atoms with Crippen LogP contribution in [0.15, 0.2) is 16.9 Å². The Kier molecular flexibility index (Phi) is 3.72. The van der Waals surface area contributed by atoms with Crippen LogP contribution in [0.5, 0.6) is 0 Å². The number of nitrogens with zero attached hydrogens (tertiary/aromatic N) is 5. The highest BCUT2D eigenvalue weighted by Gasteiger charge is 2.43. The first kappa shape index (κ1) is 15.1. The number of H-pyrrole nitrogens is 1. The lowest BCUT2D eigenvalue weighted by Gasteiger charge is -2.47. The minimum atomic E-state index is -0.394. The molecule has 0 saturated carbocycles. The van der Waals surface area contributed by atoms with Gasteiger partial charge in [0.1, 0.15) is 11.3 Å². The lowest BCUT2D eigenvalue weighted by molar-refractivity contribution is -0.105. The van der Waals surface area contributed by atoms with Gasteiger partial charge in [-0.2, -0.15) is 0 Å². The third-order valence-electron chi connectivity index (χ3n) is 4.59. The maximum atomic E-state index is 12.6. The van der Waals surface area contributed by atoms with Crippen molar-refractivity contribution in [3.63, 3.8) is 0 Å². The minimum Gasteiger partial charge on any atom is -0.408 e. The van der Waals surface area contributed by atoms with Gasteiger partial charge in [0.25, 0.3) is 5.91 Å². The zero-order valence-corrected chi connectivity index (χ0v) is 13.6. The van der Waals surface area contributed by atoms with E-state index >= 15 is 0 Å². The van der Waals surface area contributed by atoms with Gasteiger partial charge in [-0.25, -0.2) is 4.98 Å². The topological polar surface area (TPSA) is 100 Å².